The monoisotopic (exact) mass is 284 g/mol. The third-order valence-corrected chi connectivity index (χ3v) is 5.40. The highest BCUT2D eigenvalue weighted by Crippen LogP contribution is 2.24. The zero-order chi connectivity index (χ0) is 14.8. The molecule has 0 aliphatic rings. The second-order valence-electron chi connectivity index (χ2n) is 5.27. The van der Waals surface area contributed by atoms with Crippen molar-refractivity contribution in [3.05, 3.63) is 29.8 Å². The van der Waals surface area contributed by atoms with Gasteiger partial charge in [-0.25, -0.2) is 8.42 Å². The van der Waals surface area contributed by atoms with Crippen LogP contribution in [0.25, 0.3) is 0 Å². The second kappa shape index (κ2) is 5.74. The Morgan fingerprint density at radius 1 is 1.05 bits per heavy atom. The van der Waals surface area contributed by atoms with Crippen molar-refractivity contribution in [2.75, 3.05) is 0 Å². The van der Waals surface area contributed by atoms with Crippen LogP contribution in [-0.4, -0.2) is 24.7 Å². The van der Waals surface area contributed by atoms with Gasteiger partial charge in [-0.3, -0.25) is 4.79 Å². The highest BCUT2D eigenvalue weighted by atomic mass is 32.2. The van der Waals surface area contributed by atoms with Crippen LogP contribution in [0.5, 0.6) is 0 Å². The lowest BCUT2D eigenvalue weighted by atomic mass is 10.0. The fourth-order valence-corrected chi connectivity index (χ4v) is 3.76. The van der Waals surface area contributed by atoms with Gasteiger partial charge in [0.15, 0.2) is 15.1 Å². The van der Waals surface area contributed by atoms with E-state index < -0.39 is 27.0 Å². The van der Waals surface area contributed by atoms with Crippen molar-refractivity contribution >= 4 is 15.8 Å². The number of carboxylic acids is 1. The van der Waals surface area contributed by atoms with Crippen LogP contribution in [0.2, 0.25) is 0 Å². The summed E-state index contributed by atoms with van der Waals surface area (Å²) in [5.41, 5.74) is 1.02. The van der Waals surface area contributed by atoms with Crippen molar-refractivity contribution < 1.29 is 18.3 Å². The Balaban J connectivity index is 3.22. The minimum absolute atomic E-state index is 0.0676. The third kappa shape index (κ3) is 3.35. The summed E-state index contributed by atoms with van der Waals surface area (Å²) in [5, 5.41) is 7.70. The zero-order valence-corrected chi connectivity index (χ0v) is 12.4. The molecule has 1 unspecified atom stereocenters. The topological polar surface area (TPSA) is 71.4 Å². The smallest absolute Gasteiger partial charge is 0.322 e. The highest BCUT2D eigenvalue weighted by molar-refractivity contribution is 7.92. The Kier molecular flexibility index (Phi) is 4.74. The molecule has 0 bridgehead atoms. The Hall–Kier alpha value is -1.36. The molecule has 1 atom stereocenters. The molecule has 0 fully saturated rings. The van der Waals surface area contributed by atoms with Crippen molar-refractivity contribution in [2.45, 2.75) is 43.8 Å². The molecular formula is C14H20O4S. The minimum atomic E-state index is -3.84. The van der Waals surface area contributed by atoms with E-state index >= 15 is 0 Å². The number of benzene rings is 1. The van der Waals surface area contributed by atoms with Crippen molar-refractivity contribution in [3.8, 4) is 0 Å². The molecule has 0 saturated heterocycles. The van der Waals surface area contributed by atoms with E-state index in [2.05, 4.69) is 0 Å². The van der Waals surface area contributed by atoms with Crippen molar-refractivity contribution in [1.29, 1.82) is 0 Å². The Labute approximate surface area is 114 Å². The average Bonchev–Trinajstić information content (AvgIpc) is 2.27. The molecule has 0 spiro atoms. The number of sulfone groups is 1. The first-order valence-corrected chi connectivity index (χ1v) is 7.79. The first-order chi connectivity index (χ1) is 8.67. The van der Waals surface area contributed by atoms with Crippen LogP contribution in [0.3, 0.4) is 0 Å². The van der Waals surface area contributed by atoms with E-state index in [0.29, 0.717) is 5.92 Å². The molecule has 1 aromatic carbocycles. The molecule has 0 heterocycles. The summed E-state index contributed by atoms with van der Waals surface area (Å²) in [7, 11) is -3.84. The van der Waals surface area contributed by atoms with Crippen LogP contribution in [0.15, 0.2) is 29.2 Å². The number of hydrogen-bond acceptors (Lipinski definition) is 3. The predicted octanol–water partition coefficient (Wildman–Crippen LogP) is 2.69. The van der Waals surface area contributed by atoms with Gasteiger partial charge in [-0.2, -0.15) is 0 Å². The molecule has 106 valence electrons. The van der Waals surface area contributed by atoms with Crippen LogP contribution < -0.4 is 0 Å². The molecule has 0 aliphatic heterocycles. The lowest BCUT2D eigenvalue weighted by Gasteiger charge is -2.17. The molecule has 0 aliphatic carbocycles. The zero-order valence-electron chi connectivity index (χ0n) is 11.6. The second-order valence-corrected chi connectivity index (χ2v) is 7.34. The average molecular weight is 284 g/mol. The molecular weight excluding hydrogens is 264 g/mol. The van der Waals surface area contributed by atoms with E-state index in [0.717, 1.165) is 5.56 Å². The summed E-state index contributed by atoms with van der Waals surface area (Å²) in [6.45, 7) is 7.22. The maximum absolute atomic E-state index is 12.3. The van der Waals surface area contributed by atoms with Gasteiger partial charge in [-0.1, -0.05) is 39.8 Å². The molecule has 0 amide bonds. The van der Waals surface area contributed by atoms with Gasteiger partial charge in [0.2, 0.25) is 0 Å². The van der Waals surface area contributed by atoms with Gasteiger partial charge in [-0.05, 0) is 29.5 Å². The molecule has 1 rings (SSSR count). The van der Waals surface area contributed by atoms with E-state index in [9.17, 15) is 13.2 Å². The quantitative estimate of drug-likeness (QED) is 0.902. The van der Waals surface area contributed by atoms with E-state index in [4.69, 9.17) is 5.11 Å². The van der Waals surface area contributed by atoms with E-state index in [1.54, 1.807) is 26.0 Å². The SMILES string of the molecule is CC(C)c1ccc(S(=O)(=O)C(C(=O)O)C(C)C)cc1. The summed E-state index contributed by atoms with van der Waals surface area (Å²) < 4.78 is 24.6. The lowest BCUT2D eigenvalue weighted by molar-refractivity contribution is -0.137. The van der Waals surface area contributed by atoms with Gasteiger partial charge in [-0.15, -0.1) is 0 Å². The van der Waals surface area contributed by atoms with Crippen LogP contribution >= 0.6 is 0 Å². The molecule has 19 heavy (non-hydrogen) atoms. The van der Waals surface area contributed by atoms with Crippen LogP contribution in [0.1, 0.15) is 39.2 Å². The molecule has 5 heteroatoms. The fraction of sp³-hybridized carbons (Fsp3) is 0.500. The lowest BCUT2D eigenvalue weighted by Crippen LogP contribution is -2.35. The van der Waals surface area contributed by atoms with Crippen LogP contribution in [0, 0.1) is 5.92 Å². The molecule has 0 radical (unpaired) electrons. The largest absolute Gasteiger partial charge is 0.480 e. The normalized spacial score (nSPS) is 13.8. The van der Waals surface area contributed by atoms with E-state index in [1.807, 2.05) is 13.8 Å². The minimum Gasteiger partial charge on any atom is -0.480 e. The maximum atomic E-state index is 12.3. The standard InChI is InChI=1S/C14H20O4S/c1-9(2)11-5-7-12(8-6-11)19(17,18)13(10(3)4)14(15)16/h5-10,13H,1-4H3,(H,15,16). The van der Waals surface area contributed by atoms with E-state index in [-0.39, 0.29) is 4.90 Å². The van der Waals surface area contributed by atoms with Gasteiger partial charge >= 0.3 is 5.97 Å². The maximum Gasteiger partial charge on any atom is 0.322 e. The van der Waals surface area contributed by atoms with E-state index in [1.165, 1.54) is 12.1 Å². The fourth-order valence-electron chi connectivity index (χ4n) is 1.97. The molecule has 1 aromatic rings. The van der Waals surface area contributed by atoms with Crippen molar-refractivity contribution in [1.82, 2.24) is 0 Å². The van der Waals surface area contributed by atoms with Gasteiger partial charge in [0.1, 0.15) is 0 Å². The number of aliphatic carboxylic acids is 1. The van der Waals surface area contributed by atoms with Crippen molar-refractivity contribution in [2.24, 2.45) is 5.92 Å². The molecule has 1 N–H and O–H groups in total. The molecule has 0 aromatic heterocycles. The van der Waals surface area contributed by atoms with Gasteiger partial charge in [0.25, 0.3) is 0 Å². The number of carboxylic acid groups (broad SMARTS) is 1. The third-order valence-electron chi connectivity index (χ3n) is 3.06. The Bertz CT molecular complexity index is 541. The number of rotatable bonds is 5. The Morgan fingerprint density at radius 2 is 1.53 bits per heavy atom. The molecule has 4 nitrogen and oxygen atoms in total. The van der Waals surface area contributed by atoms with Gasteiger partial charge in [0, 0.05) is 0 Å². The van der Waals surface area contributed by atoms with Crippen LogP contribution in [0.4, 0.5) is 0 Å². The number of hydrogen-bond donors (Lipinski definition) is 1. The Morgan fingerprint density at radius 3 is 1.84 bits per heavy atom. The predicted molar refractivity (Wildman–Crippen MR) is 74.0 cm³/mol. The molecule has 0 saturated carbocycles. The van der Waals surface area contributed by atoms with Gasteiger partial charge in [0.05, 0.1) is 4.90 Å². The summed E-state index contributed by atoms with van der Waals surface area (Å²) in [6.07, 6.45) is 0. The van der Waals surface area contributed by atoms with Crippen molar-refractivity contribution in [3.63, 3.8) is 0 Å². The summed E-state index contributed by atoms with van der Waals surface area (Å²) in [4.78, 5) is 11.2. The van der Waals surface area contributed by atoms with Gasteiger partial charge < -0.3 is 5.11 Å². The highest BCUT2D eigenvalue weighted by Gasteiger charge is 2.36. The summed E-state index contributed by atoms with van der Waals surface area (Å²) >= 11 is 0. The first-order valence-electron chi connectivity index (χ1n) is 6.24. The number of carbonyl (C=O) groups is 1. The first kappa shape index (κ1) is 15.7. The summed E-state index contributed by atoms with van der Waals surface area (Å²) in [5.74, 6) is -1.48. The van der Waals surface area contributed by atoms with Crippen LogP contribution in [-0.2, 0) is 14.6 Å². The summed E-state index contributed by atoms with van der Waals surface area (Å²) in [6, 6.07) is 6.44.